The zero-order valence-electron chi connectivity index (χ0n) is 13.0. The molecule has 0 radical (unpaired) electrons. The van der Waals surface area contributed by atoms with E-state index in [9.17, 15) is 9.59 Å². The van der Waals surface area contributed by atoms with Gasteiger partial charge in [0, 0.05) is 31.7 Å². The molecular weight excluding hydrogens is 278 g/mol. The maximum absolute atomic E-state index is 11.9. The van der Waals surface area contributed by atoms with E-state index in [1.54, 1.807) is 11.8 Å². The first-order valence-electron chi connectivity index (χ1n) is 8.08. The Kier molecular flexibility index (Phi) is 4.32. The van der Waals surface area contributed by atoms with Crippen molar-refractivity contribution >= 4 is 17.6 Å². The summed E-state index contributed by atoms with van der Waals surface area (Å²) in [4.78, 5) is 25.2. The van der Waals surface area contributed by atoms with Gasteiger partial charge in [0.25, 0.3) is 0 Å². The maximum Gasteiger partial charge on any atom is 0.315 e. The molecule has 0 saturated heterocycles. The van der Waals surface area contributed by atoms with Gasteiger partial charge in [-0.25, -0.2) is 4.79 Å². The van der Waals surface area contributed by atoms with Crippen molar-refractivity contribution in [1.29, 1.82) is 0 Å². The molecule has 0 atom stereocenters. The number of benzene rings is 1. The fourth-order valence-corrected chi connectivity index (χ4v) is 3.38. The number of nitrogens with zero attached hydrogens (tertiary/aromatic N) is 1. The Bertz CT molecular complexity index is 579. The first-order valence-corrected chi connectivity index (χ1v) is 8.08. The quantitative estimate of drug-likeness (QED) is 0.900. The number of carbonyl (C=O) groups excluding carboxylic acids is 2. The van der Waals surface area contributed by atoms with Crippen LogP contribution in [0.2, 0.25) is 0 Å². The van der Waals surface area contributed by atoms with Crippen molar-refractivity contribution in [3.05, 3.63) is 29.3 Å². The molecule has 1 aliphatic heterocycles. The lowest BCUT2D eigenvalue weighted by atomic mass is 10.1. The highest BCUT2D eigenvalue weighted by Crippen LogP contribution is 2.28. The van der Waals surface area contributed by atoms with Crippen LogP contribution >= 0.6 is 0 Å². The molecule has 22 heavy (non-hydrogen) atoms. The normalized spacial score (nSPS) is 17.4. The SMILES string of the molecule is CC(=O)N1CCc2cc(CNC(=O)NC3CCCC3)ccc21. The van der Waals surface area contributed by atoms with E-state index in [1.807, 2.05) is 12.1 Å². The molecule has 3 amide bonds. The monoisotopic (exact) mass is 301 g/mol. The Balaban J connectivity index is 1.55. The highest BCUT2D eigenvalue weighted by molar-refractivity contribution is 5.93. The topological polar surface area (TPSA) is 61.4 Å². The van der Waals surface area contributed by atoms with E-state index in [2.05, 4.69) is 16.7 Å². The minimum absolute atomic E-state index is 0.0839. The molecule has 0 unspecified atom stereocenters. The second kappa shape index (κ2) is 6.38. The number of urea groups is 1. The summed E-state index contributed by atoms with van der Waals surface area (Å²) in [6, 6.07) is 6.31. The molecule has 1 heterocycles. The molecule has 118 valence electrons. The summed E-state index contributed by atoms with van der Waals surface area (Å²) < 4.78 is 0. The van der Waals surface area contributed by atoms with Crippen LogP contribution in [0.15, 0.2) is 18.2 Å². The standard InChI is InChI=1S/C17H23N3O2/c1-12(21)20-9-8-14-10-13(6-7-16(14)20)11-18-17(22)19-15-4-2-3-5-15/h6-7,10,15H,2-5,8-9,11H2,1H3,(H2,18,19,22). The third kappa shape index (κ3) is 3.24. The number of carbonyl (C=O) groups is 2. The Labute approximate surface area is 131 Å². The van der Waals surface area contributed by atoms with Crippen molar-refractivity contribution < 1.29 is 9.59 Å². The third-order valence-corrected chi connectivity index (χ3v) is 4.56. The number of hydrogen-bond acceptors (Lipinski definition) is 2. The summed E-state index contributed by atoms with van der Waals surface area (Å²) in [6.07, 6.45) is 5.49. The van der Waals surface area contributed by atoms with Crippen LogP contribution in [-0.4, -0.2) is 24.5 Å². The Morgan fingerprint density at radius 2 is 2.05 bits per heavy atom. The summed E-state index contributed by atoms with van der Waals surface area (Å²) >= 11 is 0. The van der Waals surface area contributed by atoms with E-state index in [0.717, 1.165) is 37.1 Å². The van der Waals surface area contributed by atoms with Crippen molar-refractivity contribution in [3.8, 4) is 0 Å². The van der Waals surface area contributed by atoms with Crippen LogP contribution in [0.4, 0.5) is 10.5 Å². The molecule has 0 spiro atoms. The highest BCUT2D eigenvalue weighted by Gasteiger charge is 2.22. The Morgan fingerprint density at radius 3 is 2.77 bits per heavy atom. The van der Waals surface area contributed by atoms with Gasteiger partial charge in [0.15, 0.2) is 0 Å². The van der Waals surface area contributed by atoms with Gasteiger partial charge in [0.1, 0.15) is 0 Å². The molecule has 2 N–H and O–H groups in total. The van der Waals surface area contributed by atoms with Crippen molar-refractivity contribution in [2.75, 3.05) is 11.4 Å². The second-order valence-corrected chi connectivity index (χ2v) is 6.19. The van der Waals surface area contributed by atoms with Crippen LogP contribution in [0, 0.1) is 0 Å². The molecule has 0 bridgehead atoms. The Morgan fingerprint density at radius 1 is 1.27 bits per heavy atom. The zero-order valence-corrected chi connectivity index (χ0v) is 13.0. The molecular formula is C17H23N3O2. The summed E-state index contributed by atoms with van der Waals surface area (Å²) in [5.41, 5.74) is 3.27. The summed E-state index contributed by atoms with van der Waals surface area (Å²) in [5.74, 6) is 0.0839. The number of amides is 3. The van der Waals surface area contributed by atoms with Gasteiger partial charge in [-0.15, -0.1) is 0 Å². The van der Waals surface area contributed by atoms with E-state index in [1.165, 1.54) is 18.4 Å². The van der Waals surface area contributed by atoms with Crippen LogP contribution < -0.4 is 15.5 Å². The molecule has 5 heteroatoms. The molecule has 1 aliphatic carbocycles. The van der Waals surface area contributed by atoms with Crippen LogP contribution in [0.3, 0.4) is 0 Å². The molecule has 0 aromatic heterocycles. The largest absolute Gasteiger partial charge is 0.335 e. The van der Waals surface area contributed by atoms with Gasteiger partial charge in [-0.3, -0.25) is 4.79 Å². The third-order valence-electron chi connectivity index (χ3n) is 4.56. The minimum atomic E-state index is -0.0854. The molecule has 5 nitrogen and oxygen atoms in total. The molecule has 1 aromatic rings. The van der Waals surface area contributed by atoms with Gasteiger partial charge < -0.3 is 15.5 Å². The average molecular weight is 301 g/mol. The molecule has 1 aromatic carbocycles. The van der Waals surface area contributed by atoms with Crippen molar-refractivity contribution in [2.45, 2.75) is 51.6 Å². The first-order chi connectivity index (χ1) is 10.6. The van der Waals surface area contributed by atoms with Crippen LogP contribution in [0.25, 0.3) is 0 Å². The number of hydrogen-bond donors (Lipinski definition) is 2. The summed E-state index contributed by atoms with van der Waals surface area (Å²) in [7, 11) is 0. The van der Waals surface area contributed by atoms with E-state index in [0.29, 0.717) is 12.6 Å². The second-order valence-electron chi connectivity index (χ2n) is 6.19. The van der Waals surface area contributed by atoms with Gasteiger partial charge in [-0.1, -0.05) is 25.0 Å². The maximum atomic E-state index is 11.9. The number of anilines is 1. The highest BCUT2D eigenvalue weighted by atomic mass is 16.2. The van der Waals surface area contributed by atoms with E-state index in [-0.39, 0.29) is 11.9 Å². The van der Waals surface area contributed by atoms with Gasteiger partial charge in [0.2, 0.25) is 5.91 Å². The molecule has 3 rings (SSSR count). The van der Waals surface area contributed by atoms with Crippen LogP contribution in [-0.2, 0) is 17.8 Å². The van der Waals surface area contributed by atoms with Crippen molar-refractivity contribution in [3.63, 3.8) is 0 Å². The minimum Gasteiger partial charge on any atom is -0.335 e. The van der Waals surface area contributed by atoms with Crippen molar-refractivity contribution in [1.82, 2.24) is 10.6 Å². The zero-order chi connectivity index (χ0) is 15.5. The number of fused-ring (bicyclic) bond motifs is 1. The predicted molar refractivity (Wildman–Crippen MR) is 85.8 cm³/mol. The predicted octanol–water partition coefficient (Wildman–Crippen LogP) is 2.34. The summed E-state index contributed by atoms with van der Waals surface area (Å²) in [5, 5.41) is 5.94. The van der Waals surface area contributed by atoms with E-state index >= 15 is 0 Å². The van der Waals surface area contributed by atoms with Crippen molar-refractivity contribution in [2.24, 2.45) is 0 Å². The number of nitrogens with one attached hydrogen (secondary N) is 2. The van der Waals surface area contributed by atoms with Gasteiger partial charge >= 0.3 is 6.03 Å². The molecule has 2 aliphatic rings. The van der Waals surface area contributed by atoms with Crippen LogP contribution in [0.5, 0.6) is 0 Å². The van der Waals surface area contributed by atoms with Gasteiger partial charge in [0.05, 0.1) is 0 Å². The van der Waals surface area contributed by atoms with E-state index < -0.39 is 0 Å². The molecule has 1 fully saturated rings. The fraction of sp³-hybridized carbons (Fsp3) is 0.529. The lowest BCUT2D eigenvalue weighted by molar-refractivity contribution is -0.116. The summed E-state index contributed by atoms with van der Waals surface area (Å²) in [6.45, 7) is 2.87. The van der Waals surface area contributed by atoms with Gasteiger partial charge in [-0.05, 0) is 36.5 Å². The Hall–Kier alpha value is -2.04. The molecule has 1 saturated carbocycles. The first kappa shape index (κ1) is 14.9. The average Bonchev–Trinajstić information content (AvgIpc) is 3.13. The smallest absolute Gasteiger partial charge is 0.315 e. The van der Waals surface area contributed by atoms with E-state index in [4.69, 9.17) is 0 Å². The fourth-order valence-electron chi connectivity index (χ4n) is 3.38. The number of rotatable bonds is 3. The lowest BCUT2D eigenvalue weighted by Crippen LogP contribution is -2.40. The lowest BCUT2D eigenvalue weighted by Gasteiger charge is -2.15. The van der Waals surface area contributed by atoms with Crippen LogP contribution in [0.1, 0.15) is 43.7 Å². The van der Waals surface area contributed by atoms with Gasteiger partial charge in [-0.2, -0.15) is 0 Å².